The van der Waals surface area contributed by atoms with E-state index in [-0.39, 0.29) is 5.56 Å². The van der Waals surface area contributed by atoms with E-state index in [1.165, 1.54) is 4.68 Å². The molecule has 0 fully saturated rings. The second-order valence-electron chi connectivity index (χ2n) is 3.32. The van der Waals surface area contributed by atoms with Gasteiger partial charge in [-0.3, -0.25) is 4.79 Å². The Hall–Kier alpha value is -0.880. The Morgan fingerprint density at radius 1 is 1.62 bits per heavy atom. The van der Waals surface area contributed by atoms with Crippen molar-refractivity contribution in [3.63, 3.8) is 0 Å². The van der Waals surface area contributed by atoms with Crippen molar-refractivity contribution in [2.24, 2.45) is 0 Å². The van der Waals surface area contributed by atoms with Crippen LogP contribution in [0.25, 0.3) is 0 Å². The molecule has 0 saturated heterocycles. The van der Waals surface area contributed by atoms with Crippen molar-refractivity contribution >= 4 is 21.6 Å². The summed E-state index contributed by atoms with van der Waals surface area (Å²) in [7, 11) is 1.63. The standard InChI is InChI=1S/C10H16BrN3O2/c1-3-5-14-10(15)9(11)8(7-13-14)12-4-6-16-2/h7,12H,3-6H2,1-2H3. The summed E-state index contributed by atoms with van der Waals surface area (Å²) in [6.07, 6.45) is 2.53. The minimum absolute atomic E-state index is 0.107. The van der Waals surface area contributed by atoms with Crippen molar-refractivity contribution < 1.29 is 4.74 Å². The molecule has 6 heteroatoms. The molecule has 0 bridgehead atoms. The van der Waals surface area contributed by atoms with Crippen molar-refractivity contribution in [2.75, 3.05) is 25.6 Å². The van der Waals surface area contributed by atoms with Gasteiger partial charge in [-0.05, 0) is 22.4 Å². The lowest BCUT2D eigenvalue weighted by molar-refractivity contribution is 0.210. The normalized spacial score (nSPS) is 10.4. The van der Waals surface area contributed by atoms with Gasteiger partial charge >= 0.3 is 0 Å². The van der Waals surface area contributed by atoms with Crippen molar-refractivity contribution in [2.45, 2.75) is 19.9 Å². The van der Waals surface area contributed by atoms with Crippen LogP contribution in [0.3, 0.4) is 0 Å². The van der Waals surface area contributed by atoms with Gasteiger partial charge in [-0.15, -0.1) is 0 Å². The van der Waals surface area contributed by atoms with E-state index in [0.29, 0.717) is 29.9 Å². The number of hydrogen-bond acceptors (Lipinski definition) is 4. The van der Waals surface area contributed by atoms with Crippen LogP contribution in [0.2, 0.25) is 0 Å². The van der Waals surface area contributed by atoms with E-state index < -0.39 is 0 Å². The fourth-order valence-corrected chi connectivity index (χ4v) is 1.69. The fraction of sp³-hybridized carbons (Fsp3) is 0.600. The first kappa shape index (κ1) is 13.2. The van der Waals surface area contributed by atoms with E-state index in [9.17, 15) is 4.79 Å². The Morgan fingerprint density at radius 2 is 2.38 bits per heavy atom. The van der Waals surface area contributed by atoms with Crippen LogP contribution in [0.4, 0.5) is 5.69 Å². The first-order valence-electron chi connectivity index (χ1n) is 5.19. The lowest BCUT2D eigenvalue weighted by Crippen LogP contribution is -2.24. The largest absolute Gasteiger partial charge is 0.383 e. The van der Waals surface area contributed by atoms with Gasteiger partial charge in [-0.25, -0.2) is 4.68 Å². The zero-order valence-electron chi connectivity index (χ0n) is 9.49. The van der Waals surface area contributed by atoms with Crippen molar-refractivity contribution in [3.8, 4) is 0 Å². The molecule has 0 aliphatic carbocycles. The van der Waals surface area contributed by atoms with Gasteiger partial charge in [0.1, 0.15) is 4.47 Å². The highest BCUT2D eigenvalue weighted by atomic mass is 79.9. The average Bonchev–Trinajstić information content (AvgIpc) is 2.28. The zero-order valence-corrected chi connectivity index (χ0v) is 11.1. The number of aryl methyl sites for hydroxylation is 1. The Bertz CT molecular complexity index is 392. The minimum atomic E-state index is -0.107. The summed E-state index contributed by atoms with van der Waals surface area (Å²) in [5.41, 5.74) is 0.596. The molecule has 0 spiro atoms. The molecule has 0 amide bonds. The van der Waals surface area contributed by atoms with Crippen LogP contribution in [-0.4, -0.2) is 30.0 Å². The molecule has 1 rings (SSSR count). The van der Waals surface area contributed by atoms with Crippen LogP contribution in [0.5, 0.6) is 0 Å². The highest BCUT2D eigenvalue weighted by molar-refractivity contribution is 9.10. The van der Waals surface area contributed by atoms with Crippen LogP contribution in [0.15, 0.2) is 15.5 Å². The summed E-state index contributed by atoms with van der Waals surface area (Å²) in [4.78, 5) is 11.8. The topological polar surface area (TPSA) is 56.1 Å². The van der Waals surface area contributed by atoms with Crippen LogP contribution >= 0.6 is 15.9 Å². The smallest absolute Gasteiger partial charge is 0.283 e. The van der Waals surface area contributed by atoms with Crippen molar-refractivity contribution in [3.05, 3.63) is 21.0 Å². The minimum Gasteiger partial charge on any atom is -0.383 e. The van der Waals surface area contributed by atoms with Crippen molar-refractivity contribution in [1.29, 1.82) is 0 Å². The highest BCUT2D eigenvalue weighted by Crippen LogP contribution is 2.15. The van der Waals surface area contributed by atoms with E-state index in [1.807, 2.05) is 6.92 Å². The lowest BCUT2D eigenvalue weighted by Gasteiger charge is -2.09. The van der Waals surface area contributed by atoms with Gasteiger partial charge < -0.3 is 10.1 Å². The molecule has 1 N–H and O–H groups in total. The number of ether oxygens (including phenoxy) is 1. The maximum absolute atomic E-state index is 11.8. The van der Waals surface area contributed by atoms with E-state index in [1.54, 1.807) is 13.3 Å². The highest BCUT2D eigenvalue weighted by Gasteiger charge is 2.07. The zero-order chi connectivity index (χ0) is 12.0. The molecule has 0 radical (unpaired) electrons. The molecule has 1 aromatic rings. The van der Waals surface area contributed by atoms with Gasteiger partial charge in [0, 0.05) is 20.2 Å². The Morgan fingerprint density at radius 3 is 3.00 bits per heavy atom. The molecule has 5 nitrogen and oxygen atoms in total. The number of aromatic nitrogens is 2. The van der Waals surface area contributed by atoms with Gasteiger partial charge in [0.05, 0.1) is 18.5 Å². The molecule has 0 saturated carbocycles. The molecule has 0 aliphatic heterocycles. The first-order valence-corrected chi connectivity index (χ1v) is 5.98. The molecular formula is C10H16BrN3O2. The summed E-state index contributed by atoms with van der Waals surface area (Å²) in [6, 6.07) is 0. The quantitative estimate of drug-likeness (QED) is 0.806. The van der Waals surface area contributed by atoms with Gasteiger partial charge in [0.15, 0.2) is 0 Å². The number of methoxy groups -OCH3 is 1. The van der Waals surface area contributed by atoms with Gasteiger partial charge in [-0.1, -0.05) is 6.92 Å². The van der Waals surface area contributed by atoms with Crippen LogP contribution in [-0.2, 0) is 11.3 Å². The number of rotatable bonds is 6. The van der Waals surface area contributed by atoms with Gasteiger partial charge in [0.25, 0.3) is 5.56 Å². The summed E-state index contributed by atoms with van der Waals surface area (Å²) in [5, 5.41) is 7.15. The Labute approximate surface area is 103 Å². The molecule has 0 aromatic carbocycles. The van der Waals surface area contributed by atoms with Crippen LogP contribution in [0, 0.1) is 0 Å². The second kappa shape index (κ2) is 6.65. The molecule has 1 heterocycles. The fourth-order valence-electron chi connectivity index (χ4n) is 1.25. The van der Waals surface area contributed by atoms with Gasteiger partial charge in [0.2, 0.25) is 0 Å². The number of hydrogen-bond donors (Lipinski definition) is 1. The van der Waals surface area contributed by atoms with Crippen LogP contribution in [0.1, 0.15) is 13.3 Å². The van der Waals surface area contributed by atoms with E-state index in [0.717, 1.165) is 6.42 Å². The summed E-state index contributed by atoms with van der Waals surface area (Å²) >= 11 is 3.28. The predicted octanol–water partition coefficient (Wildman–Crippen LogP) is 1.47. The van der Waals surface area contributed by atoms with E-state index >= 15 is 0 Å². The first-order chi connectivity index (χ1) is 7.70. The predicted molar refractivity (Wildman–Crippen MR) is 66.9 cm³/mol. The summed E-state index contributed by atoms with van der Waals surface area (Å²) in [6.45, 7) is 3.88. The number of halogens is 1. The number of anilines is 1. The average molecular weight is 290 g/mol. The molecule has 0 atom stereocenters. The lowest BCUT2D eigenvalue weighted by atomic mass is 10.4. The van der Waals surface area contributed by atoms with Crippen LogP contribution < -0.4 is 10.9 Å². The van der Waals surface area contributed by atoms with Gasteiger partial charge in [-0.2, -0.15) is 5.10 Å². The molecule has 0 aliphatic rings. The van der Waals surface area contributed by atoms with E-state index in [4.69, 9.17) is 4.74 Å². The maximum atomic E-state index is 11.8. The third-order valence-electron chi connectivity index (χ3n) is 2.04. The summed E-state index contributed by atoms with van der Waals surface area (Å²) in [5.74, 6) is 0. The van der Waals surface area contributed by atoms with E-state index in [2.05, 4.69) is 26.3 Å². The molecule has 90 valence electrons. The third kappa shape index (κ3) is 3.31. The third-order valence-corrected chi connectivity index (χ3v) is 2.81. The maximum Gasteiger partial charge on any atom is 0.283 e. The SMILES string of the molecule is CCCn1ncc(NCCOC)c(Br)c1=O. The second-order valence-corrected chi connectivity index (χ2v) is 4.11. The Balaban J connectivity index is 2.81. The molecule has 16 heavy (non-hydrogen) atoms. The monoisotopic (exact) mass is 289 g/mol. The Kier molecular flexibility index (Phi) is 5.48. The molecule has 1 aromatic heterocycles. The van der Waals surface area contributed by atoms with Crippen molar-refractivity contribution in [1.82, 2.24) is 9.78 Å². The molecule has 0 unspecified atom stereocenters. The number of nitrogens with one attached hydrogen (secondary N) is 1. The summed E-state index contributed by atoms with van der Waals surface area (Å²) < 4.78 is 6.88. The number of nitrogens with zero attached hydrogens (tertiary/aromatic N) is 2. The molecular weight excluding hydrogens is 274 g/mol.